The second-order valence-corrected chi connectivity index (χ2v) is 4.24. The van der Waals surface area contributed by atoms with E-state index in [1.807, 2.05) is 13.0 Å². The van der Waals surface area contributed by atoms with Crippen LogP contribution in [0.3, 0.4) is 0 Å². The average molecular weight is 277 g/mol. The molecule has 6 nitrogen and oxygen atoms in total. The smallest absolute Gasteiger partial charge is 0.158 e. The predicted molar refractivity (Wildman–Crippen MR) is 75.0 cm³/mol. The molecule has 0 spiro atoms. The lowest BCUT2D eigenvalue weighted by atomic mass is 10.2. The fourth-order valence-electron chi connectivity index (χ4n) is 1.69. The number of hydrazine groups is 1. The average Bonchev–Trinajstić information content (AvgIpc) is 2.42. The number of methoxy groups -OCH3 is 1. The molecule has 0 radical (unpaired) electrons. The largest absolute Gasteiger partial charge is 0.377 e. The molecule has 0 amide bonds. The van der Waals surface area contributed by atoms with Gasteiger partial charge in [0, 0.05) is 13.2 Å². The molecule has 4 N–H and O–H groups in total. The van der Waals surface area contributed by atoms with E-state index >= 15 is 0 Å². The van der Waals surface area contributed by atoms with Gasteiger partial charge in [-0.1, -0.05) is 6.07 Å². The van der Waals surface area contributed by atoms with E-state index in [0.717, 1.165) is 5.56 Å². The van der Waals surface area contributed by atoms with Gasteiger partial charge in [-0.2, -0.15) is 0 Å². The number of hydrogen-bond acceptors (Lipinski definition) is 6. The Morgan fingerprint density at radius 2 is 2.00 bits per heavy atom. The van der Waals surface area contributed by atoms with Crippen LogP contribution in [0.2, 0.25) is 0 Å². The highest BCUT2D eigenvalue weighted by molar-refractivity contribution is 5.60. The summed E-state index contributed by atoms with van der Waals surface area (Å²) in [4.78, 5) is 8.33. The van der Waals surface area contributed by atoms with Crippen LogP contribution in [0.25, 0.3) is 0 Å². The third kappa shape index (κ3) is 3.40. The van der Waals surface area contributed by atoms with Crippen LogP contribution in [0.4, 0.5) is 21.7 Å². The molecule has 0 saturated carbocycles. The van der Waals surface area contributed by atoms with Crippen molar-refractivity contribution in [2.75, 3.05) is 17.9 Å². The van der Waals surface area contributed by atoms with E-state index in [2.05, 4.69) is 20.7 Å². The van der Waals surface area contributed by atoms with Gasteiger partial charge >= 0.3 is 0 Å². The number of nitrogens with one attached hydrogen (secondary N) is 2. The first-order valence-corrected chi connectivity index (χ1v) is 5.99. The third-order valence-corrected chi connectivity index (χ3v) is 2.58. The number of aromatic nitrogens is 2. The lowest BCUT2D eigenvalue weighted by Crippen LogP contribution is -2.12. The number of rotatable bonds is 5. The summed E-state index contributed by atoms with van der Waals surface area (Å²) in [6, 6.07) is 6.49. The summed E-state index contributed by atoms with van der Waals surface area (Å²) >= 11 is 0. The molecular weight excluding hydrogens is 261 g/mol. The summed E-state index contributed by atoms with van der Waals surface area (Å²) in [6.07, 6.45) is 0. The summed E-state index contributed by atoms with van der Waals surface area (Å²) in [7, 11) is 1.54. The molecule has 0 aliphatic carbocycles. The summed E-state index contributed by atoms with van der Waals surface area (Å²) in [6.45, 7) is 2.06. The molecule has 0 aliphatic heterocycles. The van der Waals surface area contributed by atoms with Gasteiger partial charge in [-0.3, -0.25) is 0 Å². The second kappa shape index (κ2) is 6.27. The Hall–Kier alpha value is -2.25. The second-order valence-electron chi connectivity index (χ2n) is 4.24. The molecule has 20 heavy (non-hydrogen) atoms. The molecular formula is C13H16FN5O. The lowest BCUT2D eigenvalue weighted by Gasteiger charge is -2.10. The maximum absolute atomic E-state index is 13.8. The fraction of sp³-hybridized carbons (Fsp3) is 0.231. The molecule has 1 aromatic carbocycles. The van der Waals surface area contributed by atoms with Crippen molar-refractivity contribution in [2.24, 2.45) is 5.84 Å². The fourth-order valence-corrected chi connectivity index (χ4v) is 1.69. The minimum absolute atomic E-state index is 0.237. The monoisotopic (exact) mass is 277 g/mol. The normalized spacial score (nSPS) is 10.4. The topological polar surface area (TPSA) is 85.1 Å². The Labute approximate surface area is 116 Å². The minimum atomic E-state index is -0.348. The van der Waals surface area contributed by atoms with E-state index < -0.39 is 0 Å². The molecule has 7 heteroatoms. The highest BCUT2D eigenvalue weighted by Gasteiger charge is 2.07. The van der Waals surface area contributed by atoms with Crippen LogP contribution in [0.5, 0.6) is 0 Å². The zero-order valence-electron chi connectivity index (χ0n) is 11.3. The number of nitrogen functional groups attached to an aromatic ring is 1. The van der Waals surface area contributed by atoms with Crippen molar-refractivity contribution in [3.05, 3.63) is 41.5 Å². The highest BCUT2D eigenvalue weighted by atomic mass is 19.1. The Balaban J connectivity index is 2.29. The van der Waals surface area contributed by atoms with Crippen molar-refractivity contribution >= 4 is 17.3 Å². The molecule has 0 fully saturated rings. The van der Waals surface area contributed by atoms with Crippen molar-refractivity contribution in [3.8, 4) is 0 Å². The van der Waals surface area contributed by atoms with Gasteiger partial charge in [0.2, 0.25) is 0 Å². The standard InChI is InChI=1S/C13H16FN5O/c1-8-3-4-10(9(14)5-8)16-11-6-12(19-15)18-13(17-11)7-20-2/h3-6H,7,15H2,1-2H3,(H2,16,17,18,19). The van der Waals surface area contributed by atoms with Gasteiger partial charge in [0.1, 0.15) is 24.1 Å². The van der Waals surface area contributed by atoms with Gasteiger partial charge in [0.05, 0.1) is 5.69 Å². The molecule has 1 heterocycles. The van der Waals surface area contributed by atoms with Gasteiger partial charge in [0.25, 0.3) is 0 Å². The van der Waals surface area contributed by atoms with Crippen LogP contribution >= 0.6 is 0 Å². The van der Waals surface area contributed by atoms with E-state index in [0.29, 0.717) is 23.1 Å². The molecule has 2 rings (SSSR count). The van der Waals surface area contributed by atoms with Crippen LogP contribution in [0.15, 0.2) is 24.3 Å². The maximum atomic E-state index is 13.8. The Morgan fingerprint density at radius 3 is 2.65 bits per heavy atom. The molecule has 0 atom stereocenters. The third-order valence-electron chi connectivity index (χ3n) is 2.58. The van der Waals surface area contributed by atoms with E-state index in [9.17, 15) is 4.39 Å². The lowest BCUT2D eigenvalue weighted by molar-refractivity contribution is 0.178. The Morgan fingerprint density at radius 1 is 1.25 bits per heavy atom. The first kappa shape index (κ1) is 14.2. The van der Waals surface area contributed by atoms with Crippen molar-refractivity contribution < 1.29 is 9.13 Å². The van der Waals surface area contributed by atoms with Crippen molar-refractivity contribution in [1.29, 1.82) is 0 Å². The SMILES string of the molecule is COCc1nc(NN)cc(Nc2ccc(C)cc2F)n1. The molecule has 2 aromatic rings. The number of anilines is 3. The quantitative estimate of drug-likeness (QED) is 0.573. The molecule has 0 saturated heterocycles. The van der Waals surface area contributed by atoms with Crippen LogP contribution in [-0.2, 0) is 11.3 Å². The zero-order valence-corrected chi connectivity index (χ0v) is 11.3. The van der Waals surface area contributed by atoms with Crippen molar-refractivity contribution in [3.63, 3.8) is 0 Å². The molecule has 0 unspecified atom stereocenters. The van der Waals surface area contributed by atoms with Gasteiger partial charge in [-0.25, -0.2) is 20.2 Å². The van der Waals surface area contributed by atoms with Crippen molar-refractivity contribution in [1.82, 2.24) is 9.97 Å². The molecule has 0 bridgehead atoms. The zero-order chi connectivity index (χ0) is 14.5. The molecule has 106 valence electrons. The number of nitrogens with two attached hydrogens (primary N) is 1. The van der Waals surface area contributed by atoms with Gasteiger partial charge in [-0.05, 0) is 24.6 Å². The first-order valence-electron chi connectivity index (χ1n) is 5.99. The predicted octanol–water partition coefficient (Wildman–Crippen LogP) is 2.10. The number of nitrogens with zero attached hydrogens (tertiary/aromatic N) is 2. The van der Waals surface area contributed by atoms with E-state index in [4.69, 9.17) is 10.6 Å². The number of halogens is 1. The van der Waals surface area contributed by atoms with Gasteiger partial charge in [-0.15, -0.1) is 0 Å². The van der Waals surface area contributed by atoms with E-state index in [-0.39, 0.29) is 12.4 Å². The number of benzene rings is 1. The summed E-state index contributed by atoms with van der Waals surface area (Å²) in [5.74, 6) is 6.29. The van der Waals surface area contributed by atoms with Gasteiger partial charge in [0.15, 0.2) is 5.82 Å². The van der Waals surface area contributed by atoms with Crippen molar-refractivity contribution in [2.45, 2.75) is 13.5 Å². The van der Waals surface area contributed by atoms with Crippen LogP contribution in [-0.4, -0.2) is 17.1 Å². The van der Waals surface area contributed by atoms with Crippen LogP contribution in [0, 0.1) is 12.7 Å². The maximum Gasteiger partial charge on any atom is 0.158 e. The molecule has 1 aromatic heterocycles. The molecule has 0 aliphatic rings. The van der Waals surface area contributed by atoms with Crippen LogP contribution < -0.4 is 16.6 Å². The number of hydrogen-bond donors (Lipinski definition) is 3. The number of ether oxygens (including phenoxy) is 1. The summed E-state index contributed by atoms with van der Waals surface area (Å²) in [5.41, 5.74) is 3.62. The first-order chi connectivity index (χ1) is 9.62. The summed E-state index contributed by atoms with van der Waals surface area (Å²) < 4.78 is 18.8. The number of aryl methyl sites for hydroxylation is 1. The Bertz CT molecular complexity index is 605. The van der Waals surface area contributed by atoms with E-state index in [1.165, 1.54) is 6.07 Å². The summed E-state index contributed by atoms with van der Waals surface area (Å²) in [5, 5.41) is 2.90. The van der Waals surface area contributed by atoms with Crippen LogP contribution in [0.1, 0.15) is 11.4 Å². The minimum Gasteiger partial charge on any atom is -0.377 e. The van der Waals surface area contributed by atoms with Gasteiger partial charge < -0.3 is 15.5 Å². The Kier molecular flexibility index (Phi) is 4.44. The van der Waals surface area contributed by atoms with E-state index in [1.54, 1.807) is 19.2 Å². The highest BCUT2D eigenvalue weighted by Crippen LogP contribution is 2.21.